The second-order valence-corrected chi connectivity index (χ2v) is 6.87. The predicted molar refractivity (Wildman–Crippen MR) is 105 cm³/mol. The number of aliphatic carboxylic acids is 1. The summed E-state index contributed by atoms with van der Waals surface area (Å²) in [4.78, 5) is 33.1. The highest BCUT2D eigenvalue weighted by Crippen LogP contribution is 2.17. The Labute approximate surface area is 176 Å². The van der Waals surface area contributed by atoms with Crippen molar-refractivity contribution >= 4 is 17.7 Å². The lowest BCUT2D eigenvalue weighted by molar-refractivity contribution is -0.192. The minimum atomic E-state index is -5.08. The molecule has 0 saturated carbocycles. The number of carboxylic acid groups (broad SMARTS) is 1. The summed E-state index contributed by atoms with van der Waals surface area (Å²) in [5.74, 6) is -2.86. The van der Waals surface area contributed by atoms with Crippen LogP contribution in [0.4, 0.5) is 13.2 Å². The van der Waals surface area contributed by atoms with Crippen LogP contribution in [0.5, 0.6) is 0 Å². The zero-order valence-electron chi connectivity index (χ0n) is 16.6. The molecule has 1 aromatic heterocycles. The number of halogens is 3. The first-order chi connectivity index (χ1) is 14.7. The summed E-state index contributed by atoms with van der Waals surface area (Å²) in [5.41, 5.74) is 4.18. The third-order valence-corrected chi connectivity index (χ3v) is 4.56. The molecule has 0 aliphatic carbocycles. The fourth-order valence-electron chi connectivity index (χ4n) is 2.90. The molecule has 0 bridgehead atoms. The predicted octanol–water partition coefficient (Wildman–Crippen LogP) is 2.88. The summed E-state index contributed by atoms with van der Waals surface area (Å²) in [5, 5.41) is 13.3. The lowest BCUT2D eigenvalue weighted by Crippen LogP contribution is -2.23. The summed E-state index contributed by atoms with van der Waals surface area (Å²) >= 11 is 0. The number of rotatable bonds is 6. The van der Waals surface area contributed by atoms with Crippen LogP contribution in [0.25, 0.3) is 0 Å². The Morgan fingerprint density at radius 1 is 1.06 bits per heavy atom. The molecule has 1 aliphatic rings. The van der Waals surface area contributed by atoms with E-state index in [4.69, 9.17) is 14.3 Å². The number of alkyl halides is 3. The van der Waals surface area contributed by atoms with Crippen molar-refractivity contribution in [2.24, 2.45) is 0 Å². The maximum atomic E-state index is 12.3. The van der Waals surface area contributed by atoms with E-state index < -0.39 is 12.1 Å². The number of carbonyl (C=O) groups excluding carboxylic acids is 2. The van der Waals surface area contributed by atoms with Gasteiger partial charge in [-0.25, -0.2) is 4.79 Å². The molecule has 7 nitrogen and oxygen atoms in total. The van der Waals surface area contributed by atoms with Crippen LogP contribution in [0.3, 0.4) is 0 Å². The van der Waals surface area contributed by atoms with E-state index in [0.717, 1.165) is 31.5 Å². The fourth-order valence-corrected chi connectivity index (χ4v) is 2.90. The zero-order chi connectivity index (χ0) is 22.9. The van der Waals surface area contributed by atoms with Gasteiger partial charge < -0.3 is 20.2 Å². The molecule has 3 N–H and O–H groups in total. The molecule has 0 radical (unpaired) electrons. The molecule has 0 spiro atoms. The van der Waals surface area contributed by atoms with Gasteiger partial charge in [0.2, 0.25) is 5.91 Å². The van der Waals surface area contributed by atoms with Crippen LogP contribution in [0, 0.1) is 0 Å². The number of ketones is 1. The summed E-state index contributed by atoms with van der Waals surface area (Å²) in [6, 6.07) is 7.73. The minimum Gasteiger partial charge on any atom is -0.475 e. The van der Waals surface area contributed by atoms with Gasteiger partial charge in [-0.15, -0.1) is 0 Å². The van der Waals surface area contributed by atoms with Crippen molar-refractivity contribution < 1.29 is 37.1 Å². The van der Waals surface area contributed by atoms with Crippen LogP contribution in [0.1, 0.15) is 39.9 Å². The number of fused-ring (bicyclic) bond motifs is 1. The Bertz CT molecular complexity index is 895. The van der Waals surface area contributed by atoms with Gasteiger partial charge in [0.1, 0.15) is 0 Å². The minimum absolute atomic E-state index is 0.0217. The summed E-state index contributed by atoms with van der Waals surface area (Å²) in [6.07, 6.45) is 0.459. The van der Waals surface area contributed by atoms with Crippen LogP contribution < -0.4 is 10.6 Å². The van der Waals surface area contributed by atoms with Crippen molar-refractivity contribution in [3.05, 3.63) is 59.0 Å². The first kappa shape index (κ1) is 24.1. The molecule has 10 heteroatoms. The van der Waals surface area contributed by atoms with Gasteiger partial charge in [-0.1, -0.05) is 12.1 Å². The molecule has 0 atom stereocenters. The molecule has 1 amide bonds. The number of carboxylic acids is 1. The number of carbonyl (C=O) groups is 3. The van der Waals surface area contributed by atoms with E-state index in [2.05, 4.69) is 16.7 Å². The number of furan rings is 1. The Hall–Kier alpha value is -3.14. The SMILES string of the molecule is O=C(CCC(=O)c1ccc2c(c1)CCNCC2)NCc1ccoc1.O=C(O)C(F)(F)F. The van der Waals surface area contributed by atoms with Gasteiger partial charge in [-0.2, -0.15) is 13.2 Å². The standard InChI is InChI=1S/C19H22N2O3.C2HF3O2/c22-18(3-4-19(23)21-12-14-7-10-24-13-14)17-2-1-15-5-8-20-9-6-16(15)11-17;3-2(4,5)1(6)7/h1-2,7,10-11,13,20H,3-6,8-9,12H2,(H,21,23);(H,6,7). The largest absolute Gasteiger partial charge is 0.490 e. The quantitative estimate of drug-likeness (QED) is 0.596. The van der Waals surface area contributed by atoms with Crippen LogP contribution in [0.2, 0.25) is 0 Å². The van der Waals surface area contributed by atoms with E-state index >= 15 is 0 Å². The average molecular weight is 440 g/mol. The van der Waals surface area contributed by atoms with Gasteiger partial charge >= 0.3 is 12.1 Å². The van der Waals surface area contributed by atoms with Crippen LogP contribution in [0.15, 0.2) is 41.2 Å². The third-order valence-electron chi connectivity index (χ3n) is 4.56. The molecule has 168 valence electrons. The molecule has 31 heavy (non-hydrogen) atoms. The fraction of sp³-hybridized carbons (Fsp3) is 0.381. The van der Waals surface area contributed by atoms with Gasteiger partial charge in [0, 0.05) is 30.5 Å². The number of hydrogen-bond donors (Lipinski definition) is 3. The van der Waals surface area contributed by atoms with Crippen molar-refractivity contribution in [3.63, 3.8) is 0 Å². The Balaban J connectivity index is 0.000000423. The number of benzene rings is 1. The molecule has 2 aromatic rings. The number of nitrogens with one attached hydrogen (secondary N) is 2. The van der Waals surface area contributed by atoms with Crippen LogP contribution >= 0.6 is 0 Å². The molecule has 2 heterocycles. The van der Waals surface area contributed by atoms with Crippen LogP contribution in [-0.4, -0.2) is 42.0 Å². The van der Waals surface area contributed by atoms with Gasteiger partial charge in [0.05, 0.1) is 12.5 Å². The first-order valence-corrected chi connectivity index (χ1v) is 9.60. The third kappa shape index (κ3) is 8.25. The first-order valence-electron chi connectivity index (χ1n) is 9.60. The second kappa shape index (κ2) is 11.3. The molecular weight excluding hydrogens is 417 g/mol. The van der Waals surface area contributed by atoms with Crippen LogP contribution in [-0.2, 0) is 29.0 Å². The smallest absolute Gasteiger partial charge is 0.475 e. The highest BCUT2D eigenvalue weighted by Gasteiger charge is 2.38. The summed E-state index contributed by atoms with van der Waals surface area (Å²) in [7, 11) is 0. The molecule has 1 aliphatic heterocycles. The Morgan fingerprint density at radius 2 is 1.74 bits per heavy atom. The van der Waals surface area contributed by atoms with E-state index in [-0.39, 0.29) is 24.5 Å². The molecule has 0 unspecified atom stereocenters. The lowest BCUT2D eigenvalue weighted by atomic mass is 9.97. The molecule has 0 fully saturated rings. The van der Waals surface area contributed by atoms with E-state index in [1.807, 2.05) is 12.1 Å². The molecular formula is C21H23F3N2O5. The monoisotopic (exact) mass is 440 g/mol. The Morgan fingerprint density at radius 3 is 2.35 bits per heavy atom. The van der Waals surface area contributed by atoms with Crippen molar-refractivity contribution in [1.82, 2.24) is 10.6 Å². The topological polar surface area (TPSA) is 109 Å². The van der Waals surface area contributed by atoms with E-state index in [1.54, 1.807) is 18.6 Å². The molecule has 1 aromatic carbocycles. The molecule has 3 rings (SSSR count). The van der Waals surface area contributed by atoms with E-state index in [1.165, 1.54) is 11.1 Å². The zero-order valence-corrected chi connectivity index (χ0v) is 16.6. The maximum absolute atomic E-state index is 12.3. The summed E-state index contributed by atoms with van der Waals surface area (Å²) < 4.78 is 36.7. The number of Topliss-reactive ketones (excluding diaryl/α,β-unsaturated/α-hetero) is 1. The van der Waals surface area contributed by atoms with Crippen molar-refractivity contribution in [2.45, 2.75) is 38.4 Å². The highest BCUT2D eigenvalue weighted by atomic mass is 19.4. The van der Waals surface area contributed by atoms with Gasteiger partial charge in [-0.05, 0) is 49.2 Å². The van der Waals surface area contributed by atoms with E-state index in [9.17, 15) is 22.8 Å². The number of hydrogen-bond acceptors (Lipinski definition) is 5. The Kier molecular flexibility index (Phi) is 8.80. The van der Waals surface area contributed by atoms with E-state index in [0.29, 0.717) is 12.1 Å². The van der Waals surface area contributed by atoms with Crippen molar-refractivity contribution in [3.8, 4) is 0 Å². The van der Waals surface area contributed by atoms with Gasteiger partial charge in [-0.3, -0.25) is 9.59 Å². The lowest BCUT2D eigenvalue weighted by Gasteiger charge is -2.08. The molecule has 0 saturated heterocycles. The van der Waals surface area contributed by atoms with Gasteiger partial charge in [0.15, 0.2) is 5.78 Å². The maximum Gasteiger partial charge on any atom is 0.490 e. The van der Waals surface area contributed by atoms with Gasteiger partial charge in [0.25, 0.3) is 0 Å². The van der Waals surface area contributed by atoms with Crippen molar-refractivity contribution in [1.29, 1.82) is 0 Å². The van der Waals surface area contributed by atoms with Crippen molar-refractivity contribution in [2.75, 3.05) is 13.1 Å². The number of amides is 1. The average Bonchev–Trinajstić information content (AvgIpc) is 3.13. The second-order valence-electron chi connectivity index (χ2n) is 6.87. The normalized spacial score (nSPS) is 13.3. The summed E-state index contributed by atoms with van der Waals surface area (Å²) in [6.45, 7) is 2.35. The highest BCUT2D eigenvalue weighted by molar-refractivity contribution is 5.98.